The molecule has 0 fully saturated rings. The average Bonchev–Trinajstić information content (AvgIpc) is 2.68. The fraction of sp³-hybridized carbons (Fsp3) is 0.350. The number of halogens is 2. The number of sulfonamides is 1. The molecule has 7 nitrogen and oxygen atoms in total. The van der Waals surface area contributed by atoms with Gasteiger partial charge in [0.2, 0.25) is 15.9 Å². The Kier molecular flexibility index (Phi) is 8.13. The van der Waals surface area contributed by atoms with Gasteiger partial charge in [-0.15, -0.1) is 0 Å². The molecule has 2 aromatic rings. The van der Waals surface area contributed by atoms with E-state index in [9.17, 15) is 22.0 Å². The topological polar surface area (TPSA) is 87.7 Å². The Hall–Kier alpha value is -2.72. The lowest BCUT2D eigenvalue weighted by Crippen LogP contribution is -2.31. The molecule has 0 unspecified atom stereocenters. The third-order valence-corrected chi connectivity index (χ3v) is 6.12. The van der Waals surface area contributed by atoms with Crippen LogP contribution in [0.5, 0.6) is 5.75 Å². The van der Waals surface area contributed by atoms with Gasteiger partial charge in [0.15, 0.2) is 0 Å². The summed E-state index contributed by atoms with van der Waals surface area (Å²) in [6.45, 7) is -0.708. The second-order valence-corrected chi connectivity index (χ2v) is 8.89. The van der Waals surface area contributed by atoms with E-state index in [4.69, 9.17) is 0 Å². The van der Waals surface area contributed by atoms with Crippen molar-refractivity contribution >= 4 is 21.6 Å². The molecule has 0 aliphatic rings. The quantitative estimate of drug-likeness (QED) is 0.592. The number of carbonyl (C=O) groups is 1. The molecule has 30 heavy (non-hydrogen) atoms. The number of benzene rings is 2. The predicted octanol–water partition coefficient (Wildman–Crippen LogP) is 2.62. The summed E-state index contributed by atoms with van der Waals surface area (Å²) < 4.78 is 54.2. The zero-order valence-corrected chi connectivity index (χ0v) is 17.8. The summed E-state index contributed by atoms with van der Waals surface area (Å²) in [5.41, 5.74) is 2.23. The van der Waals surface area contributed by atoms with Crippen LogP contribution in [-0.2, 0) is 21.2 Å². The van der Waals surface area contributed by atoms with Crippen LogP contribution in [-0.4, -0.2) is 52.4 Å². The number of hydrogen-bond donors (Lipinski definition) is 2. The number of anilines is 1. The number of nitrogens with one attached hydrogen (secondary N) is 2. The van der Waals surface area contributed by atoms with Gasteiger partial charge >= 0.3 is 6.61 Å². The number of carbonyl (C=O) groups excluding carboxylic acids is 1. The Balaban J connectivity index is 1.85. The summed E-state index contributed by atoms with van der Waals surface area (Å²) in [5.74, 6) is -0.177. The number of ether oxygens (including phenoxy) is 1. The molecular formula is C20H25F2N3O4S. The Morgan fingerprint density at radius 3 is 2.40 bits per heavy atom. The maximum atomic E-state index is 12.3. The van der Waals surface area contributed by atoms with Crippen LogP contribution < -0.4 is 15.4 Å². The molecule has 2 rings (SSSR count). The normalized spacial score (nSPS) is 11.6. The van der Waals surface area contributed by atoms with E-state index >= 15 is 0 Å². The number of aryl methyl sites for hydroxylation is 1. The average molecular weight is 442 g/mol. The number of hydrogen-bond acceptors (Lipinski definition) is 5. The van der Waals surface area contributed by atoms with Gasteiger partial charge in [-0.3, -0.25) is 4.79 Å². The van der Waals surface area contributed by atoms with Crippen LogP contribution in [0.2, 0.25) is 0 Å². The fourth-order valence-electron chi connectivity index (χ4n) is 2.58. The summed E-state index contributed by atoms with van der Waals surface area (Å²) in [6.07, 6.45) is 0.524. The van der Waals surface area contributed by atoms with Crippen LogP contribution in [0.4, 0.5) is 14.5 Å². The molecule has 0 aliphatic carbocycles. The maximum Gasteiger partial charge on any atom is 0.387 e. The van der Waals surface area contributed by atoms with Gasteiger partial charge in [-0.05, 0) is 48.7 Å². The zero-order valence-electron chi connectivity index (χ0n) is 17.0. The Morgan fingerprint density at radius 1 is 1.13 bits per heavy atom. The van der Waals surface area contributed by atoms with Gasteiger partial charge in [0, 0.05) is 26.3 Å². The number of nitrogens with zero attached hydrogens (tertiary/aromatic N) is 1. The van der Waals surface area contributed by atoms with Crippen molar-refractivity contribution in [2.45, 2.75) is 24.9 Å². The minimum absolute atomic E-state index is 0.0204. The van der Waals surface area contributed by atoms with Crippen LogP contribution in [0.15, 0.2) is 47.4 Å². The third-order valence-electron chi connectivity index (χ3n) is 4.31. The number of amides is 1. The second-order valence-electron chi connectivity index (χ2n) is 6.74. The maximum absolute atomic E-state index is 12.3. The highest BCUT2D eigenvalue weighted by Gasteiger charge is 2.18. The minimum atomic E-state index is -3.57. The zero-order chi connectivity index (χ0) is 22.3. The third kappa shape index (κ3) is 6.67. The van der Waals surface area contributed by atoms with Crippen LogP contribution in [0.1, 0.15) is 11.1 Å². The van der Waals surface area contributed by atoms with Crippen LogP contribution >= 0.6 is 0 Å². The first-order valence-corrected chi connectivity index (χ1v) is 10.6. The van der Waals surface area contributed by atoms with Crippen molar-refractivity contribution in [3.63, 3.8) is 0 Å². The molecule has 0 saturated heterocycles. The van der Waals surface area contributed by atoms with Crippen LogP contribution in [0.25, 0.3) is 0 Å². The van der Waals surface area contributed by atoms with E-state index < -0.39 is 16.6 Å². The van der Waals surface area contributed by atoms with E-state index in [1.807, 2.05) is 6.92 Å². The van der Waals surface area contributed by atoms with Crippen molar-refractivity contribution in [2.24, 2.45) is 0 Å². The van der Waals surface area contributed by atoms with E-state index in [0.717, 1.165) is 15.4 Å². The van der Waals surface area contributed by atoms with Crippen molar-refractivity contribution < 1.29 is 26.7 Å². The lowest BCUT2D eigenvalue weighted by molar-refractivity contribution is -0.119. The van der Waals surface area contributed by atoms with E-state index in [2.05, 4.69) is 15.4 Å². The molecular weight excluding hydrogens is 416 g/mol. The lowest BCUT2D eigenvalue weighted by Gasteiger charge is -2.15. The van der Waals surface area contributed by atoms with E-state index in [0.29, 0.717) is 18.7 Å². The molecule has 10 heteroatoms. The van der Waals surface area contributed by atoms with Gasteiger partial charge in [-0.1, -0.05) is 18.2 Å². The summed E-state index contributed by atoms with van der Waals surface area (Å²) in [7, 11) is -0.660. The first kappa shape index (κ1) is 23.6. The summed E-state index contributed by atoms with van der Waals surface area (Å²) in [4.78, 5) is 12.2. The highest BCUT2D eigenvalue weighted by atomic mass is 32.2. The monoisotopic (exact) mass is 441 g/mol. The molecule has 2 aromatic carbocycles. The standard InChI is InChI=1S/C20H25F2N3O4S/c1-14-4-9-17(30(27,28)25(2)3)12-18(14)24-13-19(26)23-11-10-15-5-7-16(8-6-15)29-20(21)22/h4-9,12,20,24H,10-11,13H2,1-3H3,(H,23,26). The molecule has 0 aliphatic heterocycles. The molecule has 2 N–H and O–H groups in total. The first-order valence-electron chi connectivity index (χ1n) is 9.17. The molecule has 0 heterocycles. The van der Waals surface area contributed by atoms with Crippen LogP contribution in [0.3, 0.4) is 0 Å². The highest BCUT2D eigenvalue weighted by Crippen LogP contribution is 2.21. The second kappa shape index (κ2) is 10.4. The molecule has 0 spiro atoms. The van der Waals surface area contributed by atoms with Gasteiger partial charge < -0.3 is 15.4 Å². The van der Waals surface area contributed by atoms with Gasteiger partial charge in [0.1, 0.15) is 5.75 Å². The van der Waals surface area contributed by atoms with E-state index in [-0.39, 0.29) is 23.1 Å². The fourth-order valence-corrected chi connectivity index (χ4v) is 3.51. The van der Waals surface area contributed by atoms with Crippen molar-refractivity contribution in [3.05, 3.63) is 53.6 Å². The SMILES string of the molecule is Cc1ccc(S(=O)(=O)N(C)C)cc1NCC(=O)NCCc1ccc(OC(F)F)cc1. The lowest BCUT2D eigenvalue weighted by atomic mass is 10.1. The molecule has 0 bridgehead atoms. The van der Waals surface area contributed by atoms with E-state index in [1.54, 1.807) is 18.2 Å². The highest BCUT2D eigenvalue weighted by molar-refractivity contribution is 7.89. The molecule has 1 amide bonds. The predicted molar refractivity (Wildman–Crippen MR) is 110 cm³/mol. The van der Waals surface area contributed by atoms with Gasteiger partial charge in [0.05, 0.1) is 11.4 Å². The first-order chi connectivity index (χ1) is 14.1. The summed E-state index contributed by atoms with van der Waals surface area (Å²) >= 11 is 0. The van der Waals surface area contributed by atoms with Crippen molar-refractivity contribution in [2.75, 3.05) is 32.5 Å². The van der Waals surface area contributed by atoms with Gasteiger partial charge in [-0.2, -0.15) is 8.78 Å². The Bertz CT molecular complexity index is 965. The molecule has 0 saturated carbocycles. The largest absolute Gasteiger partial charge is 0.435 e. The van der Waals surface area contributed by atoms with Crippen LogP contribution in [0, 0.1) is 6.92 Å². The van der Waals surface area contributed by atoms with Crippen molar-refractivity contribution in [1.29, 1.82) is 0 Å². The smallest absolute Gasteiger partial charge is 0.387 e. The van der Waals surface area contributed by atoms with Gasteiger partial charge in [0.25, 0.3) is 0 Å². The minimum Gasteiger partial charge on any atom is -0.435 e. The van der Waals surface area contributed by atoms with E-state index in [1.165, 1.54) is 38.4 Å². The van der Waals surface area contributed by atoms with Gasteiger partial charge in [-0.25, -0.2) is 12.7 Å². The number of rotatable bonds is 10. The Labute approximate surface area is 175 Å². The van der Waals surface area contributed by atoms with Crippen molar-refractivity contribution in [1.82, 2.24) is 9.62 Å². The molecule has 0 radical (unpaired) electrons. The molecule has 164 valence electrons. The summed E-state index contributed by atoms with van der Waals surface area (Å²) in [6, 6.07) is 10.9. The molecule has 0 aromatic heterocycles. The molecule has 0 atom stereocenters. The number of alkyl halides is 2. The summed E-state index contributed by atoms with van der Waals surface area (Å²) in [5, 5.41) is 5.71. The Morgan fingerprint density at radius 2 is 1.80 bits per heavy atom. The van der Waals surface area contributed by atoms with Crippen molar-refractivity contribution in [3.8, 4) is 5.75 Å².